The molecule has 1 amide bonds. The fourth-order valence-electron chi connectivity index (χ4n) is 1.67. The number of carbonyl (C=O) groups excluding carboxylic acids is 1. The van der Waals surface area contributed by atoms with E-state index in [9.17, 15) is 9.00 Å². The van der Waals surface area contributed by atoms with Crippen molar-refractivity contribution in [2.75, 3.05) is 24.6 Å². The lowest BCUT2D eigenvalue weighted by Crippen LogP contribution is -2.41. The molecule has 0 saturated carbocycles. The van der Waals surface area contributed by atoms with E-state index >= 15 is 0 Å². The Hall–Kier alpha value is -0.200. The van der Waals surface area contributed by atoms with Crippen molar-refractivity contribution in [3.8, 4) is 0 Å². The first kappa shape index (κ1) is 13.2. The van der Waals surface area contributed by atoms with E-state index in [0.717, 1.165) is 8.95 Å². The minimum absolute atomic E-state index is 0.000995. The standard InChI is InChI=1S/C11H11Br2NO2S/c12-8-1-2-9(10(13)7-8)11(15)14-3-5-17(16)6-4-14/h1-2,7H,3-6H2. The normalized spacial score (nSPS) is 17.2. The molecule has 1 fully saturated rings. The van der Waals surface area contributed by atoms with E-state index in [1.807, 2.05) is 12.1 Å². The SMILES string of the molecule is O=C(c1ccc(Br)cc1Br)N1CCS(=O)CC1. The molecule has 1 aromatic carbocycles. The van der Waals surface area contributed by atoms with E-state index in [2.05, 4.69) is 31.9 Å². The summed E-state index contributed by atoms with van der Waals surface area (Å²) in [7, 11) is -0.756. The van der Waals surface area contributed by atoms with Crippen LogP contribution in [-0.4, -0.2) is 39.6 Å². The lowest BCUT2D eigenvalue weighted by atomic mass is 10.2. The van der Waals surface area contributed by atoms with Crippen LogP contribution in [0.3, 0.4) is 0 Å². The maximum atomic E-state index is 12.2. The molecule has 1 heterocycles. The van der Waals surface area contributed by atoms with Crippen molar-refractivity contribution >= 4 is 48.6 Å². The molecule has 1 saturated heterocycles. The van der Waals surface area contributed by atoms with Crippen LogP contribution >= 0.6 is 31.9 Å². The number of halogens is 2. The fourth-order valence-corrected chi connectivity index (χ4v) is 3.94. The van der Waals surface area contributed by atoms with Gasteiger partial charge in [-0.2, -0.15) is 0 Å². The average Bonchev–Trinajstić information content (AvgIpc) is 2.29. The van der Waals surface area contributed by atoms with Crippen LogP contribution in [0.15, 0.2) is 27.1 Å². The molecule has 6 heteroatoms. The topological polar surface area (TPSA) is 37.4 Å². The Labute approximate surface area is 119 Å². The highest BCUT2D eigenvalue weighted by molar-refractivity contribution is 9.11. The number of carbonyl (C=O) groups is 1. The minimum atomic E-state index is -0.756. The van der Waals surface area contributed by atoms with Gasteiger partial charge in [0.1, 0.15) is 0 Å². The fraction of sp³-hybridized carbons (Fsp3) is 0.364. The van der Waals surface area contributed by atoms with Gasteiger partial charge in [-0.1, -0.05) is 15.9 Å². The molecule has 17 heavy (non-hydrogen) atoms. The highest BCUT2D eigenvalue weighted by Crippen LogP contribution is 2.23. The number of hydrogen-bond donors (Lipinski definition) is 0. The van der Waals surface area contributed by atoms with Gasteiger partial charge in [-0.15, -0.1) is 0 Å². The van der Waals surface area contributed by atoms with Crippen LogP contribution in [0.25, 0.3) is 0 Å². The van der Waals surface area contributed by atoms with Gasteiger partial charge in [0.25, 0.3) is 5.91 Å². The summed E-state index contributed by atoms with van der Waals surface area (Å²) in [6.07, 6.45) is 0. The number of rotatable bonds is 1. The van der Waals surface area contributed by atoms with Gasteiger partial charge in [0.05, 0.1) is 5.56 Å². The first-order valence-corrected chi connectivity index (χ1v) is 8.24. The summed E-state index contributed by atoms with van der Waals surface area (Å²) < 4.78 is 12.9. The van der Waals surface area contributed by atoms with Crippen LogP contribution in [0.5, 0.6) is 0 Å². The van der Waals surface area contributed by atoms with E-state index in [4.69, 9.17) is 0 Å². The molecule has 0 radical (unpaired) electrons. The summed E-state index contributed by atoms with van der Waals surface area (Å²) in [6.45, 7) is 1.15. The molecule has 0 spiro atoms. The van der Waals surface area contributed by atoms with Crippen molar-refractivity contribution in [3.63, 3.8) is 0 Å². The Kier molecular flexibility index (Phi) is 4.38. The van der Waals surface area contributed by atoms with Crippen molar-refractivity contribution in [1.29, 1.82) is 0 Å². The third-order valence-corrected chi connectivity index (χ3v) is 5.05. The lowest BCUT2D eigenvalue weighted by Gasteiger charge is -2.26. The van der Waals surface area contributed by atoms with Gasteiger partial charge < -0.3 is 4.90 Å². The molecule has 0 N–H and O–H groups in total. The molecule has 3 nitrogen and oxygen atoms in total. The van der Waals surface area contributed by atoms with Crippen LogP contribution in [0.4, 0.5) is 0 Å². The Morgan fingerprint density at radius 2 is 1.88 bits per heavy atom. The van der Waals surface area contributed by atoms with Crippen LogP contribution in [0, 0.1) is 0 Å². The average molecular weight is 381 g/mol. The molecule has 0 unspecified atom stereocenters. The maximum Gasteiger partial charge on any atom is 0.255 e. The second-order valence-corrected chi connectivity index (χ2v) is 7.23. The lowest BCUT2D eigenvalue weighted by molar-refractivity contribution is 0.0770. The van der Waals surface area contributed by atoms with Gasteiger partial charge in [-0.3, -0.25) is 9.00 Å². The van der Waals surface area contributed by atoms with E-state index < -0.39 is 10.8 Å². The van der Waals surface area contributed by atoms with Gasteiger partial charge in [0, 0.05) is 44.3 Å². The van der Waals surface area contributed by atoms with Crippen molar-refractivity contribution in [3.05, 3.63) is 32.7 Å². The molecule has 0 atom stereocenters. The maximum absolute atomic E-state index is 12.2. The number of nitrogens with zero attached hydrogens (tertiary/aromatic N) is 1. The van der Waals surface area contributed by atoms with Crippen molar-refractivity contribution in [2.45, 2.75) is 0 Å². The van der Waals surface area contributed by atoms with Gasteiger partial charge in [-0.25, -0.2) is 0 Å². The van der Waals surface area contributed by atoms with E-state index in [-0.39, 0.29) is 5.91 Å². The van der Waals surface area contributed by atoms with Crippen LogP contribution < -0.4 is 0 Å². The molecule has 0 aliphatic carbocycles. The van der Waals surface area contributed by atoms with Crippen molar-refractivity contribution in [2.24, 2.45) is 0 Å². The van der Waals surface area contributed by atoms with Crippen LogP contribution in [-0.2, 0) is 10.8 Å². The Morgan fingerprint density at radius 3 is 2.47 bits per heavy atom. The third kappa shape index (κ3) is 3.17. The van der Waals surface area contributed by atoms with Gasteiger partial charge >= 0.3 is 0 Å². The Morgan fingerprint density at radius 1 is 1.24 bits per heavy atom. The predicted molar refractivity (Wildman–Crippen MR) is 75.6 cm³/mol. The van der Waals surface area contributed by atoms with Crippen LogP contribution in [0.1, 0.15) is 10.4 Å². The zero-order valence-corrected chi connectivity index (χ0v) is 13.0. The van der Waals surface area contributed by atoms with Crippen molar-refractivity contribution < 1.29 is 9.00 Å². The zero-order chi connectivity index (χ0) is 12.4. The van der Waals surface area contributed by atoms with Gasteiger partial charge in [0.2, 0.25) is 0 Å². The van der Waals surface area contributed by atoms with Crippen LogP contribution in [0.2, 0.25) is 0 Å². The highest BCUT2D eigenvalue weighted by atomic mass is 79.9. The largest absolute Gasteiger partial charge is 0.337 e. The molecule has 2 rings (SSSR count). The second-order valence-electron chi connectivity index (χ2n) is 3.76. The summed E-state index contributed by atoms with van der Waals surface area (Å²) >= 11 is 6.74. The third-order valence-electron chi connectivity index (χ3n) is 2.63. The zero-order valence-electron chi connectivity index (χ0n) is 8.99. The number of hydrogen-bond acceptors (Lipinski definition) is 2. The Balaban J connectivity index is 2.16. The molecule has 1 aromatic rings. The Bertz CT molecular complexity index is 469. The first-order chi connectivity index (χ1) is 8.08. The van der Waals surface area contributed by atoms with E-state index in [1.54, 1.807) is 11.0 Å². The molecular weight excluding hydrogens is 370 g/mol. The monoisotopic (exact) mass is 379 g/mol. The molecule has 1 aliphatic rings. The number of amides is 1. The second kappa shape index (κ2) is 5.63. The summed E-state index contributed by atoms with van der Waals surface area (Å²) in [4.78, 5) is 14.0. The quantitative estimate of drug-likeness (QED) is 0.750. The smallest absolute Gasteiger partial charge is 0.255 e. The summed E-state index contributed by atoms with van der Waals surface area (Å²) in [5.41, 5.74) is 0.654. The molecule has 92 valence electrons. The molecule has 0 bridgehead atoms. The van der Waals surface area contributed by atoms with Gasteiger partial charge in [-0.05, 0) is 34.1 Å². The molecule has 0 aromatic heterocycles. The summed E-state index contributed by atoms with van der Waals surface area (Å²) in [5.74, 6) is 1.17. The summed E-state index contributed by atoms with van der Waals surface area (Å²) in [6, 6.07) is 5.50. The molecule has 1 aliphatic heterocycles. The summed E-state index contributed by atoms with van der Waals surface area (Å²) in [5, 5.41) is 0. The van der Waals surface area contributed by atoms with Crippen molar-refractivity contribution in [1.82, 2.24) is 4.90 Å². The van der Waals surface area contributed by atoms with E-state index in [0.29, 0.717) is 30.2 Å². The number of benzene rings is 1. The van der Waals surface area contributed by atoms with E-state index in [1.165, 1.54) is 0 Å². The highest BCUT2D eigenvalue weighted by Gasteiger charge is 2.22. The first-order valence-electron chi connectivity index (χ1n) is 5.17. The predicted octanol–water partition coefficient (Wildman–Crippen LogP) is 2.42. The minimum Gasteiger partial charge on any atom is -0.337 e. The van der Waals surface area contributed by atoms with Gasteiger partial charge in [0.15, 0.2) is 0 Å². The molecular formula is C11H11Br2NO2S.